The zero-order valence-electron chi connectivity index (χ0n) is 18.8. The van der Waals surface area contributed by atoms with Gasteiger partial charge in [0.25, 0.3) is 5.91 Å². The average molecular weight is 544 g/mol. The minimum absolute atomic E-state index is 0.172. The summed E-state index contributed by atoms with van der Waals surface area (Å²) in [4.78, 5) is 27.7. The first-order chi connectivity index (χ1) is 15.1. The quantitative estimate of drug-likeness (QED) is 0.398. The van der Waals surface area contributed by atoms with E-state index in [-0.39, 0.29) is 25.0 Å². The Morgan fingerprint density at radius 3 is 2.47 bits per heavy atom. The van der Waals surface area contributed by atoms with Crippen molar-refractivity contribution in [1.29, 1.82) is 0 Å². The number of benzene rings is 2. The van der Waals surface area contributed by atoms with Crippen LogP contribution in [0.15, 0.2) is 40.9 Å². The van der Waals surface area contributed by atoms with Crippen molar-refractivity contribution in [3.8, 4) is 5.75 Å². The third-order valence-corrected chi connectivity index (χ3v) is 6.39. The summed E-state index contributed by atoms with van der Waals surface area (Å²) in [6.07, 6.45) is 0.457. The molecule has 0 radical (unpaired) electrons. The van der Waals surface area contributed by atoms with Crippen LogP contribution in [-0.2, 0) is 16.1 Å². The van der Waals surface area contributed by atoms with Crippen LogP contribution in [0.3, 0.4) is 0 Å². The summed E-state index contributed by atoms with van der Waals surface area (Å²) in [7, 11) is 0. The zero-order chi connectivity index (χ0) is 23.8. The van der Waals surface area contributed by atoms with Gasteiger partial charge in [-0.3, -0.25) is 9.59 Å². The van der Waals surface area contributed by atoms with Crippen LogP contribution in [0.1, 0.15) is 38.3 Å². The molecule has 0 spiro atoms. The van der Waals surface area contributed by atoms with Crippen LogP contribution in [0, 0.1) is 12.8 Å². The first-order valence-corrected chi connectivity index (χ1v) is 12.1. The standard InChI is InChI=1S/C24H29BrCl2N2O3/c1-5-22(24(31)28-12-15(2)3)29(13-17-6-7-18(26)11-21(17)27)23(30)14-32-19-8-9-20(25)16(4)10-19/h6-11,15,22H,5,12-14H2,1-4H3,(H,28,31)/t22-/m0/s1. The molecule has 2 rings (SSSR count). The predicted molar refractivity (Wildman–Crippen MR) is 133 cm³/mol. The van der Waals surface area contributed by atoms with Gasteiger partial charge in [0, 0.05) is 27.6 Å². The smallest absolute Gasteiger partial charge is 0.261 e. The number of hydrogen-bond acceptors (Lipinski definition) is 3. The maximum atomic E-state index is 13.2. The Bertz CT molecular complexity index is 953. The van der Waals surface area contributed by atoms with Crippen LogP contribution in [0.2, 0.25) is 10.0 Å². The summed E-state index contributed by atoms with van der Waals surface area (Å²) in [6.45, 7) is 8.37. The molecule has 0 aliphatic rings. The van der Waals surface area contributed by atoms with Crippen LogP contribution >= 0.6 is 39.1 Å². The first kappa shape index (κ1) is 26.5. The lowest BCUT2D eigenvalue weighted by Crippen LogP contribution is -2.50. The topological polar surface area (TPSA) is 58.6 Å². The van der Waals surface area contributed by atoms with Gasteiger partial charge >= 0.3 is 0 Å². The summed E-state index contributed by atoms with van der Waals surface area (Å²) in [5, 5.41) is 3.88. The molecule has 0 heterocycles. The number of amides is 2. The average Bonchev–Trinajstić information content (AvgIpc) is 2.74. The molecule has 2 aromatic carbocycles. The van der Waals surface area contributed by atoms with Gasteiger partial charge in [-0.05, 0) is 60.7 Å². The Morgan fingerprint density at radius 2 is 1.88 bits per heavy atom. The van der Waals surface area contributed by atoms with Crippen molar-refractivity contribution in [2.75, 3.05) is 13.2 Å². The lowest BCUT2D eigenvalue weighted by Gasteiger charge is -2.31. The fourth-order valence-electron chi connectivity index (χ4n) is 3.11. The summed E-state index contributed by atoms with van der Waals surface area (Å²) in [6, 6.07) is 9.97. The Morgan fingerprint density at radius 1 is 1.16 bits per heavy atom. The Balaban J connectivity index is 2.24. The van der Waals surface area contributed by atoms with Crippen molar-refractivity contribution in [2.45, 2.75) is 46.7 Å². The van der Waals surface area contributed by atoms with Gasteiger partial charge in [0.05, 0.1) is 0 Å². The largest absolute Gasteiger partial charge is 0.484 e. The van der Waals surface area contributed by atoms with Crippen LogP contribution < -0.4 is 10.1 Å². The third-order valence-electron chi connectivity index (χ3n) is 4.92. The van der Waals surface area contributed by atoms with E-state index in [9.17, 15) is 9.59 Å². The number of rotatable bonds is 10. The molecule has 0 aliphatic heterocycles. The zero-order valence-corrected chi connectivity index (χ0v) is 21.9. The van der Waals surface area contributed by atoms with E-state index >= 15 is 0 Å². The molecule has 1 N–H and O–H groups in total. The van der Waals surface area contributed by atoms with Gasteiger partial charge in [0.2, 0.25) is 5.91 Å². The van der Waals surface area contributed by atoms with E-state index in [1.807, 2.05) is 39.8 Å². The molecule has 2 amide bonds. The minimum Gasteiger partial charge on any atom is -0.484 e. The van der Waals surface area contributed by atoms with E-state index in [4.69, 9.17) is 27.9 Å². The lowest BCUT2D eigenvalue weighted by molar-refractivity contribution is -0.143. The van der Waals surface area contributed by atoms with Crippen molar-refractivity contribution in [1.82, 2.24) is 10.2 Å². The van der Waals surface area contributed by atoms with Crippen molar-refractivity contribution < 1.29 is 14.3 Å². The van der Waals surface area contributed by atoms with E-state index in [1.165, 1.54) is 4.90 Å². The van der Waals surface area contributed by atoms with Crippen LogP contribution in [0.25, 0.3) is 0 Å². The number of carbonyl (C=O) groups is 2. The monoisotopic (exact) mass is 542 g/mol. The molecule has 0 bridgehead atoms. The van der Waals surface area contributed by atoms with Gasteiger partial charge in [0.1, 0.15) is 11.8 Å². The molecule has 5 nitrogen and oxygen atoms in total. The summed E-state index contributed by atoms with van der Waals surface area (Å²) in [5.74, 6) is 0.387. The lowest BCUT2D eigenvalue weighted by atomic mass is 10.1. The molecule has 0 fully saturated rings. The molecular weight excluding hydrogens is 515 g/mol. The van der Waals surface area contributed by atoms with Crippen molar-refractivity contribution in [2.24, 2.45) is 5.92 Å². The number of halogens is 3. The fraction of sp³-hybridized carbons (Fsp3) is 0.417. The highest BCUT2D eigenvalue weighted by Gasteiger charge is 2.29. The first-order valence-electron chi connectivity index (χ1n) is 10.5. The van der Waals surface area contributed by atoms with E-state index in [1.54, 1.807) is 24.3 Å². The Labute approximate surface area is 208 Å². The summed E-state index contributed by atoms with van der Waals surface area (Å²) in [5.41, 5.74) is 1.71. The molecule has 0 saturated heterocycles. The van der Waals surface area contributed by atoms with Gasteiger partial charge in [0.15, 0.2) is 6.61 Å². The van der Waals surface area contributed by atoms with Gasteiger partial charge in [-0.15, -0.1) is 0 Å². The van der Waals surface area contributed by atoms with E-state index < -0.39 is 6.04 Å². The highest BCUT2D eigenvalue weighted by atomic mass is 79.9. The number of aryl methyl sites for hydroxylation is 1. The normalized spacial score (nSPS) is 11.9. The predicted octanol–water partition coefficient (Wildman–Crippen LogP) is 6.02. The molecule has 0 unspecified atom stereocenters. The molecule has 1 atom stereocenters. The summed E-state index contributed by atoms with van der Waals surface area (Å²) < 4.78 is 6.71. The van der Waals surface area contributed by atoms with Crippen LogP contribution in [0.5, 0.6) is 5.75 Å². The van der Waals surface area contributed by atoms with Gasteiger partial charge in [-0.1, -0.05) is 66.0 Å². The highest BCUT2D eigenvalue weighted by molar-refractivity contribution is 9.10. The van der Waals surface area contributed by atoms with Gasteiger partial charge in [-0.25, -0.2) is 0 Å². The second kappa shape index (κ2) is 12.5. The number of ether oxygens (including phenoxy) is 1. The molecule has 0 saturated carbocycles. The molecule has 2 aromatic rings. The number of nitrogens with zero attached hydrogens (tertiary/aromatic N) is 1. The number of hydrogen-bond donors (Lipinski definition) is 1. The number of carbonyl (C=O) groups excluding carboxylic acids is 2. The van der Waals surface area contributed by atoms with Gasteiger partial charge < -0.3 is 15.0 Å². The molecular formula is C24H29BrCl2N2O3. The van der Waals surface area contributed by atoms with Crippen LogP contribution in [0.4, 0.5) is 0 Å². The van der Waals surface area contributed by atoms with E-state index in [2.05, 4.69) is 21.2 Å². The Kier molecular flexibility index (Phi) is 10.3. The molecule has 0 aromatic heterocycles. The highest BCUT2D eigenvalue weighted by Crippen LogP contribution is 2.25. The van der Waals surface area contributed by atoms with E-state index in [0.29, 0.717) is 40.2 Å². The third kappa shape index (κ3) is 7.68. The van der Waals surface area contributed by atoms with Crippen molar-refractivity contribution >= 4 is 50.9 Å². The molecule has 8 heteroatoms. The van der Waals surface area contributed by atoms with Crippen molar-refractivity contribution in [3.63, 3.8) is 0 Å². The SMILES string of the molecule is CC[C@@H](C(=O)NCC(C)C)N(Cc1ccc(Cl)cc1Cl)C(=O)COc1ccc(Br)c(C)c1. The second-order valence-corrected chi connectivity index (χ2v) is 9.72. The summed E-state index contributed by atoms with van der Waals surface area (Å²) >= 11 is 15.8. The van der Waals surface area contributed by atoms with Crippen LogP contribution in [-0.4, -0.2) is 35.9 Å². The molecule has 0 aliphatic carbocycles. The van der Waals surface area contributed by atoms with E-state index in [0.717, 1.165) is 10.0 Å². The fourth-order valence-corrected chi connectivity index (χ4v) is 3.83. The molecule has 174 valence electrons. The number of nitrogens with one attached hydrogen (secondary N) is 1. The Hall–Kier alpha value is -1.76. The maximum absolute atomic E-state index is 13.2. The minimum atomic E-state index is -0.650. The second-order valence-electron chi connectivity index (χ2n) is 8.02. The molecule has 32 heavy (non-hydrogen) atoms. The maximum Gasteiger partial charge on any atom is 0.261 e. The van der Waals surface area contributed by atoms with Crippen molar-refractivity contribution in [3.05, 3.63) is 62.0 Å². The van der Waals surface area contributed by atoms with Gasteiger partial charge in [-0.2, -0.15) is 0 Å².